The van der Waals surface area contributed by atoms with Crippen molar-refractivity contribution in [1.82, 2.24) is 9.88 Å². The lowest BCUT2D eigenvalue weighted by Gasteiger charge is -2.42. The number of carbonyl (C=O) groups is 1. The third-order valence-corrected chi connectivity index (χ3v) is 4.66. The predicted molar refractivity (Wildman–Crippen MR) is 97.9 cm³/mol. The maximum atomic E-state index is 12.4. The van der Waals surface area contributed by atoms with Crippen molar-refractivity contribution in [3.63, 3.8) is 0 Å². The summed E-state index contributed by atoms with van der Waals surface area (Å²) in [5.74, 6) is 0.124. The largest absolute Gasteiger partial charge is 0.341 e. The smallest absolute Gasteiger partial charge is 0.255 e. The normalized spacial score (nSPS) is 19.9. The zero-order valence-corrected chi connectivity index (χ0v) is 15.7. The van der Waals surface area contributed by atoms with Crippen molar-refractivity contribution < 1.29 is 4.79 Å². The molecule has 0 saturated heterocycles. The maximum Gasteiger partial charge on any atom is 0.255 e. The van der Waals surface area contributed by atoms with Gasteiger partial charge in [0.05, 0.1) is 11.3 Å². The van der Waals surface area contributed by atoms with Gasteiger partial charge in [0.15, 0.2) is 0 Å². The van der Waals surface area contributed by atoms with E-state index in [2.05, 4.69) is 18.8 Å². The van der Waals surface area contributed by atoms with Crippen molar-refractivity contribution in [2.75, 3.05) is 13.6 Å². The molecule has 0 radical (unpaired) electrons. The zero-order valence-electron chi connectivity index (χ0n) is 15.7. The second-order valence-electron chi connectivity index (χ2n) is 6.40. The summed E-state index contributed by atoms with van der Waals surface area (Å²) in [4.78, 5) is 18.9. The van der Waals surface area contributed by atoms with Crippen LogP contribution in [0.2, 0.25) is 0 Å². The highest BCUT2D eigenvalue weighted by Gasteiger charge is 2.41. The average molecular weight is 319 g/mol. The molecule has 0 aromatic carbocycles. The minimum atomic E-state index is 0.0573. The van der Waals surface area contributed by atoms with Gasteiger partial charge in [0, 0.05) is 25.2 Å². The van der Waals surface area contributed by atoms with Crippen LogP contribution in [0.15, 0.2) is 18.3 Å². The fraction of sp³-hybridized carbons (Fsp3) is 0.700. The molecule has 2 rings (SSSR count). The molecule has 1 aliphatic rings. The predicted octanol–water partition coefficient (Wildman–Crippen LogP) is 5.20. The van der Waals surface area contributed by atoms with Crippen LogP contribution in [0.1, 0.15) is 88.7 Å². The summed E-state index contributed by atoms with van der Waals surface area (Å²) in [5.41, 5.74) is 1.92. The van der Waals surface area contributed by atoms with E-state index in [1.54, 1.807) is 0 Å². The number of likely N-dealkylation sites (N-methyl/N-ethyl adjacent to an activating group) is 1. The minimum absolute atomic E-state index is 0.0573. The van der Waals surface area contributed by atoms with Crippen LogP contribution < -0.4 is 0 Å². The van der Waals surface area contributed by atoms with Gasteiger partial charge in [0.1, 0.15) is 0 Å². The van der Waals surface area contributed by atoms with Gasteiger partial charge >= 0.3 is 0 Å². The number of carbonyl (C=O) groups excluding carboxylic acids is 1. The minimum Gasteiger partial charge on any atom is -0.341 e. The van der Waals surface area contributed by atoms with E-state index < -0.39 is 0 Å². The Morgan fingerprint density at radius 2 is 1.87 bits per heavy atom. The van der Waals surface area contributed by atoms with E-state index in [-0.39, 0.29) is 11.3 Å². The third-order valence-electron chi connectivity index (χ3n) is 4.66. The highest BCUT2D eigenvalue weighted by Crippen LogP contribution is 2.39. The van der Waals surface area contributed by atoms with Crippen LogP contribution in [-0.4, -0.2) is 29.4 Å². The molecule has 1 amide bonds. The van der Waals surface area contributed by atoms with E-state index in [1.165, 1.54) is 25.7 Å². The molecule has 2 heterocycles. The number of unbranched alkanes of at least 4 members (excludes halogenated alkanes) is 3. The van der Waals surface area contributed by atoms with Crippen molar-refractivity contribution >= 4 is 5.91 Å². The summed E-state index contributed by atoms with van der Waals surface area (Å²) in [5, 5.41) is 0. The van der Waals surface area contributed by atoms with Gasteiger partial charge in [-0.15, -0.1) is 0 Å². The van der Waals surface area contributed by atoms with Crippen molar-refractivity contribution in [1.29, 1.82) is 0 Å². The van der Waals surface area contributed by atoms with Gasteiger partial charge in [-0.3, -0.25) is 9.78 Å². The Kier molecular flexibility index (Phi) is 8.29. The maximum absolute atomic E-state index is 12.4. The van der Waals surface area contributed by atoms with Crippen LogP contribution in [0.5, 0.6) is 0 Å². The summed E-state index contributed by atoms with van der Waals surface area (Å²) < 4.78 is 0. The molecule has 3 heteroatoms. The Morgan fingerprint density at radius 1 is 1.13 bits per heavy atom. The fourth-order valence-electron chi connectivity index (χ4n) is 3.70. The average Bonchev–Trinajstić information content (AvgIpc) is 2.59. The lowest BCUT2D eigenvalue weighted by molar-refractivity contribution is 0.0700. The number of aromatic nitrogens is 1. The summed E-state index contributed by atoms with van der Waals surface area (Å²) in [6, 6.07) is 3.82. The van der Waals surface area contributed by atoms with Crippen LogP contribution in [0, 0.1) is 0 Å². The van der Waals surface area contributed by atoms with Gasteiger partial charge in [-0.1, -0.05) is 59.8 Å². The van der Waals surface area contributed by atoms with Crippen LogP contribution in [0.25, 0.3) is 0 Å². The quantitative estimate of drug-likeness (QED) is 0.647. The molecular weight excluding hydrogens is 284 g/mol. The van der Waals surface area contributed by atoms with Crippen molar-refractivity contribution in [2.45, 2.75) is 78.1 Å². The van der Waals surface area contributed by atoms with E-state index in [4.69, 9.17) is 0 Å². The van der Waals surface area contributed by atoms with E-state index in [0.717, 1.165) is 37.1 Å². The number of fused-ring (bicyclic) bond motifs is 1. The van der Waals surface area contributed by atoms with E-state index >= 15 is 0 Å². The Morgan fingerprint density at radius 3 is 2.52 bits per heavy atom. The monoisotopic (exact) mass is 318 g/mol. The lowest BCUT2D eigenvalue weighted by Crippen LogP contribution is -2.48. The first-order valence-electron chi connectivity index (χ1n) is 9.35. The van der Waals surface area contributed by atoms with Gasteiger partial charge in [-0.25, -0.2) is 0 Å². The second-order valence-corrected chi connectivity index (χ2v) is 6.40. The highest BCUT2D eigenvalue weighted by atomic mass is 16.2. The third kappa shape index (κ3) is 4.55. The van der Waals surface area contributed by atoms with Gasteiger partial charge in [0.25, 0.3) is 5.91 Å². The molecule has 0 spiro atoms. The Bertz CT molecular complexity index is 486. The number of hydrogen-bond acceptors (Lipinski definition) is 2. The molecule has 1 aromatic heterocycles. The molecule has 0 aliphatic carbocycles. The number of rotatable bonds is 7. The number of pyridine rings is 1. The molecule has 1 atom stereocenters. The lowest BCUT2D eigenvalue weighted by atomic mass is 9.71. The molecule has 0 saturated carbocycles. The van der Waals surface area contributed by atoms with Gasteiger partial charge in [0.2, 0.25) is 0 Å². The highest BCUT2D eigenvalue weighted by molar-refractivity contribution is 5.96. The summed E-state index contributed by atoms with van der Waals surface area (Å²) in [7, 11) is 1.93. The first-order chi connectivity index (χ1) is 11.1. The number of amides is 1. The Labute approximate surface area is 142 Å². The van der Waals surface area contributed by atoms with Gasteiger partial charge in [-0.2, -0.15) is 0 Å². The van der Waals surface area contributed by atoms with Crippen LogP contribution >= 0.6 is 0 Å². The molecular formula is C20H34N2O. The summed E-state index contributed by atoms with van der Waals surface area (Å²) >= 11 is 0. The molecule has 0 N–H and O–H groups in total. The first-order valence-corrected chi connectivity index (χ1v) is 9.35. The molecule has 130 valence electrons. The molecule has 0 bridgehead atoms. The summed E-state index contributed by atoms with van der Waals surface area (Å²) in [6.45, 7) is 9.29. The molecule has 1 aliphatic heterocycles. The SMILES string of the molecule is CC.CCCCCCC1(CCC)CN(C)C(=O)c2cccnc21. The molecule has 1 unspecified atom stereocenters. The van der Waals surface area contributed by atoms with E-state index in [9.17, 15) is 4.79 Å². The summed E-state index contributed by atoms with van der Waals surface area (Å²) in [6.07, 6.45) is 10.3. The molecule has 23 heavy (non-hydrogen) atoms. The number of hydrogen-bond donors (Lipinski definition) is 0. The molecule has 0 fully saturated rings. The zero-order chi connectivity index (χ0) is 17.3. The first kappa shape index (κ1) is 19.7. The van der Waals surface area contributed by atoms with Gasteiger partial charge < -0.3 is 4.90 Å². The number of nitrogens with zero attached hydrogens (tertiary/aromatic N) is 2. The van der Waals surface area contributed by atoms with E-state index in [1.807, 2.05) is 44.1 Å². The van der Waals surface area contributed by atoms with E-state index in [0.29, 0.717) is 0 Å². The van der Waals surface area contributed by atoms with Crippen LogP contribution in [0.3, 0.4) is 0 Å². The van der Waals surface area contributed by atoms with Crippen molar-refractivity contribution in [3.8, 4) is 0 Å². The standard InChI is InChI=1S/C18H28N2O.C2H6/c1-4-6-7-8-12-18(11-5-2)14-20(3)17(21)15-10-9-13-19-16(15)18;1-2/h9-10,13H,4-8,11-12,14H2,1-3H3;1-2H3. The van der Waals surface area contributed by atoms with Crippen molar-refractivity contribution in [2.24, 2.45) is 0 Å². The molecule has 1 aromatic rings. The van der Waals surface area contributed by atoms with Crippen LogP contribution in [0.4, 0.5) is 0 Å². The Hall–Kier alpha value is -1.38. The van der Waals surface area contributed by atoms with Crippen molar-refractivity contribution in [3.05, 3.63) is 29.6 Å². The fourth-order valence-corrected chi connectivity index (χ4v) is 3.70. The molecule has 3 nitrogen and oxygen atoms in total. The topological polar surface area (TPSA) is 33.2 Å². The second kappa shape index (κ2) is 9.69. The van der Waals surface area contributed by atoms with Gasteiger partial charge in [-0.05, 0) is 25.0 Å². The Balaban J connectivity index is 0.00000127. The van der Waals surface area contributed by atoms with Crippen LogP contribution in [-0.2, 0) is 5.41 Å².